The molecule has 1 saturated carbocycles. The maximum Gasteiger partial charge on any atom is 0.248 e. The molecule has 0 heterocycles. The molecule has 1 N–H and O–H groups in total. The molecule has 8 heteroatoms. The average molecular weight is 512 g/mol. The summed E-state index contributed by atoms with van der Waals surface area (Å²) in [6.07, 6.45) is 5.01. The number of carbonyl (C=O) groups is 2. The standard InChI is InChI=1S/C23H25BrClFN2O3/c1-31-18-10-7-15(8-11-18)22(23(30)27-17-5-3-2-4-6-17)28(21(29)14-25)20-12-9-16(24)13-19(20)26/h7-13,17,22H,2-6,14H2,1H3,(H,27,30). The van der Waals surface area contributed by atoms with E-state index in [0.717, 1.165) is 37.0 Å². The second kappa shape index (κ2) is 11.0. The molecule has 0 saturated heterocycles. The largest absolute Gasteiger partial charge is 0.497 e. The van der Waals surface area contributed by atoms with Crippen molar-refractivity contribution in [3.05, 3.63) is 58.3 Å². The molecule has 1 fully saturated rings. The van der Waals surface area contributed by atoms with Crippen LogP contribution in [0.2, 0.25) is 0 Å². The molecule has 0 aromatic heterocycles. The first kappa shape index (κ1) is 23.5. The Bertz CT molecular complexity index is 920. The van der Waals surface area contributed by atoms with E-state index in [1.807, 2.05) is 0 Å². The lowest BCUT2D eigenvalue weighted by molar-refractivity contribution is -0.126. The van der Waals surface area contributed by atoms with Gasteiger partial charge in [0.05, 0.1) is 12.8 Å². The van der Waals surface area contributed by atoms with Crippen LogP contribution < -0.4 is 15.0 Å². The number of nitrogens with one attached hydrogen (secondary N) is 1. The Morgan fingerprint density at radius 2 is 1.87 bits per heavy atom. The van der Waals surface area contributed by atoms with Gasteiger partial charge in [0.1, 0.15) is 23.5 Å². The van der Waals surface area contributed by atoms with E-state index in [4.69, 9.17) is 16.3 Å². The molecule has 0 spiro atoms. The number of carbonyl (C=O) groups excluding carboxylic acids is 2. The van der Waals surface area contributed by atoms with E-state index in [1.165, 1.54) is 12.1 Å². The fourth-order valence-electron chi connectivity index (χ4n) is 3.89. The lowest BCUT2D eigenvalue weighted by Gasteiger charge is -2.33. The van der Waals surface area contributed by atoms with Crippen LogP contribution in [0.25, 0.3) is 0 Å². The number of halogens is 3. The fraction of sp³-hybridized carbons (Fsp3) is 0.391. The third kappa shape index (κ3) is 5.77. The Hall–Kier alpha value is -2.12. The first-order valence-electron chi connectivity index (χ1n) is 10.2. The van der Waals surface area contributed by atoms with Gasteiger partial charge in [0, 0.05) is 10.5 Å². The number of ether oxygens (including phenoxy) is 1. The van der Waals surface area contributed by atoms with E-state index >= 15 is 0 Å². The van der Waals surface area contributed by atoms with Gasteiger partial charge in [0.15, 0.2) is 0 Å². The molecule has 31 heavy (non-hydrogen) atoms. The molecule has 3 rings (SSSR count). The number of alkyl halides is 1. The molecule has 166 valence electrons. The predicted molar refractivity (Wildman–Crippen MR) is 123 cm³/mol. The lowest BCUT2D eigenvalue weighted by Crippen LogP contribution is -2.48. The highest BCUT2D eigenvalue weighted by Crippen LogP contribution is 2.33. The highest BCUT2D eigenvalue weighted by atomic mass is 79.9. The van der Waals surface area contributed by atoms with E-state index < -0.39 is 23.6 Å². The van der Waals surface area contributed by atoms with Crippen LogP contribution in [0.5, 0.6) is 5.75 Å². The topological polar surface area (TPSA) is 58.6 Å². The summed E-state index contributed by atoms with van der Waals surface area (Å²) in [5.74, 6) is -1.34. The zero-order valence-electron chi connectivity index (χ0n) is 17.2. The van der Waals surface area contributed by atoms with Gasteiger partial charge in [-0.2, -0.15) is 0 Å². The molecule has 5 nitrogen and oxygen atoms in total. The summed E-state index contributed by atoms with van der Waals surface area (Å²) in [4.78, 5) is 27.5. The average Bonchev–Trinajstić information content (AvgIpc) is 2.78. The van der Waals surface area contributed by atoms with Crippen molar-refractivity contribution in [3.63, 3.8) is 0 Å². The van der Waals surface area contributed by atoms with Crippen molar-refractivity contribution in [1.29, 1.82) is 0 Å². The van der Waals surface area contributed by atoms with Gasteiger partial charge in [0.25, 0.3) is 0 Å². The van der Waals surface area contributed by atoms with Crippen molar-refractivity contribution < 1.29 is 18.7 Å². The molecule has 1 aliphatic carbocycles. The third-order valence-corrected chi connectivity index (χ3v) is 6.16. The quantitative estimate of drug-likeness (QED) is 0.509. The van der Waals surface area contributed by atoms with Gasteiger partial charge < -0.3 is 10.1 Å². The minimum atomic E-state index is -1.07. The zero-order chi connectivity index (χ0) is 22.4. The summed E-state index contributed by atoms with van der Waals surface area (Å²) >= 11 is 9.11. The number of benzene rings is 2. The van der Waals surface area contributed by atoms with Gasteiger partial charge in [-0.15, -0.1) is 11.6 Å². The molecule has 1 aliphatic rings. The van der Waals surface area contributed by atoms with E-state index in [-0.39, 0.29) is 17.6 Å². The minimum Gasteiger partial charge on any atom is -0.497 e. The van der Waals surface area contributed by atoms with Gasteiger partial charge >= 0.3 is 0 Å². The van der Waals surface area contributed by atoms with Crippen LogP contribution >= 0.6 is 27.5 Å². The molecular weight excluding hydrogens is 487 g/mol. The fourth-order valence-corrected chi connectivity index (χ4v) is 4.35. The number of amides is 2. The van der Waals surface area contributed by atoms with Crippen molar-refractivity contribution in [2.24, 2.45) is 0 Å². The number of hydrogen-bond acceptors (Lipinski definition) is 3. The van der Waals surface area contributed by atoms with E-state index in [2.05, 4.69) is 21.2 Å². The van der Waals surface area contributed by atoms with E-state index in [0.29, 0.717) is 15.8 Å². The summed E-state index contributed by atoms with van der Waals surface area (Å²) in [5, 5.41) is 3.07. The molecule has 2 aromatic carbocycles. The highest BCUT2D eigenvalue weighted by Gasteiger charge is 2.35. The van der Waals surface area contributed by atoms with E-state index in [1.54, 1.807) is 37.4 Å². The third-order valence-electron chi connectivity index (χ3n) is 5.44. The van der Waals surface area contributed by atoms with Crippen LogP contribution in [0, 0.1) is 5.82 Å². The SMILES string of the molecule is COc1ccc(C(C(=O)NC2CCCCC2)N(C(=O)CCl)c2ccc(Br)cc2F)cc1. The predicted octanol–water partition coefficient (Wildman–Crippen LogP) is 5.36. The number of anilines is 1. The van der Waals surface area contributed by atoms with Gasteiger partial charge in [-0.1, -0.05) is 47.3 Å². The number of methoxy groups -OCH3 is 1. The lowest BCUT2D eigenvalue weighted by atomic mass is 9.94. The number of nitrogens with zero attached hydrogens (tertiary/aromatic N) is 1. The molecule has 1 unspecified atom stereocenters. The number of hydrogen-bond donors (Lipinski definition) is 1. The van der Waals surface area contributed by atoms with Crippen LogP contribution in [0.1, 0.15) is 43.7 Å². The molecule has 1 atom stereocenters. The summed E-state index contributed by atoms with van der Waals surface area (Å²) in [5.41, 5.74) is 0.531. The van der Waals surface area contributed by atoms with Crippen molar-refractivity contribution >= 4 is 45.0 Å². The molecule has 0 aliphatic heterocycles. The Morgan fingerprint density at radius 1 is 1.19 bits per heavy atom. The second-order valence-electron chi connectivity index (χ2n) is 7.51. The molecular formula is C23H25BrClFN2O3. The van der Waals surface area contributed by atoms with Crippen molar-refractivity contribution in [2.45, 2.75) is 44.2 Å². The summed E-state index contributed by atoms with van der Waals surface area (Å²) in [6.45, 7) is 0. The monoisotopic (exact) mass is 510 g/mol. The summed E-state index contributed by atoms with van der Waals surface area (Å²) in [7, 11) is 1.54. The minimum absolute atomic E-state index is 0.00605. The van der Waals surface area contributed by atoms with Crippen molar-refractivity contribution in [3.8, 4) is 5.75 Å². The first-order valence-corrected chi connectivity index (χ1v) is 11.5. The van der Waals surface area contributed by atoms with Gasteiger partial charge in [-0.05, 0) is 48.7 Å². The van der Waals surface area contributed by atoms with Crippen LogP contribution in [-0.2, 0) is 9.59 Å². The Kier molecular flexibility index (Phi) is 8.32. The highest BCUT2D eigenvalue weighted by molar-refractivity contribution is 9.10. The number of rotatable bonds is 7. The van der Waals surface area contributed by atoms with Gasteiger partial charge in [-0.3, -0.25) is 14.5 Å². The smallest absolute Gasteiger partial charge is 0.248 e. The Morgan fingerprint density at radius 3 is 2.45 bits per heavy atom. The van der Waals surface area contributed by atoms with Gasteiger partial charge in [0.2, 0.25) is 11.8 Å². The normalized spacial score (nSPS) is 15.2. The van der Waals surface area contributed by atoms with Crippen molar-refractivity contribution in [2.75, 3.05) is 17.9 Å². The Labute approximate surface area is 195 Å². The molecule has 2 aromatic rings. The Balaban J connectivity index is 2.05. The first-order chi connectivity index (χ1) is 14.9. The maximum absolute atomic E-state index is 14.9. The summed E-state index contributed by atoms with van der Waals surface area (Å²) < 4.78 is 20.6. The zero-order valence-corrected chi connectivity index (χ0v) is 19.6. The van der Waals surface area contributed by atoms with Crippen LogP contribution in [0.4, 0.5) is 10.1 Å². The van der Waals surface area contributed by atoms with Crippen LogP contribution in [0.3, 0.4) is 0 Å². The van der Waals surface area contributed by atoms with Crippen LogP contribution in [0.15, 0.2) is 46.9 Å². The van der Waals surface area contributed by atoms with E-state index in [9.17, 15) is 14.0 Å². The van der Waals surface area contributed by atoms with Crippen molar-refractivity contribution in [1.82, 2.24) is 5.32 Å². The maximum atomic E-state index is 14.9. The molecule has 2 amide bonds. The summed E-state index contributed by atoms with van der Waals surface area (Å²) in [6, 6.07) is 10.1. The molecule has 0 bridgehead atoms. The second-order valence-corrected chi connectivity index (χ2v) is 8.70. The molecule has 0 radical (unpaired) electrons. The van der Waals surface area contributed by atoms with Gasteiger partial charge in [-0.25, -0.2) is 4.39 Å². The van der Waals surface area contributed by atoms with Crippen LogP contribution in [-0.4, -0.2) is 30.8 Å².